The first-order valence-corrected chi connectivity index (χ1v) is 10.6. The molecule has 1 N–H and O–H groups in total. The van der Waals surface area contributed by atoms with Crippen LogP contribution in [-0.2, 0) is 11.3 Å². The van der Waals surface area contributed by atoms with E-state index in [0.29, 0.717) is 29.0 Å². The second-order valence-corrected chi connectivity index (χ2v) is 7.55. The number of halogens is 2. The molecule has 0 saturated carbocycles. The van der Waals surface area contributed by atoms with Crippen LogP contribution in [0.4, 0.5) is 14.5 Å². The number of carbonyl (C=O) groups is 1. The van der Waals surface area contributed by atoms with Gasteiger partial charge in [-0.05, 0) is 43.3 Å². The van der Waals surface area contributed by atoms with Crippen molar-refractivity contribution in [3.05, 3.63) is 72.6 Å². The Hall–Kier alpha value is -3.40. The Morgan fingerprint density at radius 2 is 1.84 bits per heavy atom. The van der Waals surface area contributed by atoms with Crippen LogP contribution >= 0.6 is 11.8 Å². The summed E-state index contributed by atoms with van der Waals surface area (Å²) in [4.78, 5) is 12.2. The first kappa shape index (κ1) is 23.3. The lowest BCUT2D eigenvalue weighted by atomic mass is 10.3. The van der Waals surface area contributed by atoms with Gasteiger partial charge in [0.1, 0.15) is 28.8 Å². The van der Waals surface area contributed by atoms with E-state index in [9.17, 15) is 13.6 Å². The SMILES string of the molecule is C=CCn1c(SCC(=O)Nc2c(F)cccc2F)nnc1C(C)Oc1ccc(OC)cc1. The van der Waals surface area contributed by atoms with Crippen molar-refractivity contribution in [2.45, 2.75) is 24.7 Å². The van der Waals surface area contributed by atoms with Crippen molar-refractivity contribution in [1.82, 2.24) is 14.8 Å². The van der Waals surface area contributed by atoms with Crippen molar-refractivity contribution >= 4 is 23.4 Å². The number of ether oxygens (including phenoxy) is 2. The van der Waals surface area contributed by atoms with E-state index >= 15 is 0 Å². The molecule has 7 nitrogen and oxygen atoms in total. The summed E-state index contributed by atoms with van der Waals surface area (Å²) >= 11 is 1.09. The number of para-hydroxylation sites is 1. The molecule has 0 aliphatic carbocycles. The van der Waals surface area contributed by atoms with Crippen molar-refractivity contribution in [1.29, 1.82) is 0 Å². The molecule has 0 bridgehead atoms. The summed E-state index contributed by atoms with van der Waals surface area (Å²) in [7, 11) is 1.59. The fourth-order valence-electron chi connectivity index (χ4n) is 2.84. The molecule has 0 saturated heterocycles. The number of methoxy groups -OCH3 is 1. The van der Waals surface area contributed by atoms with Crippen LogP contribution in [0, 0.1) is 11.6 Å². The zero-order valence-corrected chi connectivity index (χ0v) is 18.4. The van der Waals surface area contributed by atoms with Gasteiger partial charge in [-0.3, -0.25) is 9.36 Å². The first-order valence-electron chi connectivity index (χ1n) is 9.64. The van der Waals surface area contributed by atoms with Crippen LogP contribution in [0.15, 0.2) is 60.3 Å². The van der Waals surface area contributed by atoms with Gasteiger partial charge in [0, 0.05) is 6.54 Å². The van der Waals surface area contributed by atoms with Gasteiger partial charge in [-0.2, -0.15) is 0 Å². The molecule has 0 spiro atoms. The highest BCUT2D eigenvalue weighted by atomic mass is 32.2. The van der Waals surface area contributed by atoms with Gasteiger partial charge >= 0.3 is 0 Å². The molecule has 1 heterocycles. The third kappa shape index (κ3) is 5.64. The van der Waals surface area contributed by atoms with Gasteiger partial charge in [-0.25, -0.2) is 8.78 Å². The molecular formula is C22H22F2N4O3S. The van der Waals surface area contributed by atoms with Crippen molar-refractivity contribution < 1.29 is 23.0 Å². The Labute approximate surface area is 188 Å². The molecule has 10 heteroatoms. The fourth-order valence-corrected chi connectivity index (χ4v) is 3.60. The molecule has 1 unspecified atom stereocenters. The number of hydrogen-bond donors (Lipinski definition) is 1. The van der Waals surface area contributed by atoms with E-state index in [0.717, 1.165) is 23.9 Å². The molecular weight excluding hydrogens is 438 g/mol. The van der Waals surface area contributed by atoms with E-state index < -0.39 is 29.3 Å². The predicted octanol–water partition coefficient (Wildman–Crippen LogP) is 4.62. The maximum Gasteiger partial charge on any atom is 0.235 e. The van der Waals surface area contributed by atoms with Crippen LogP contribution in [0.25, 0.3) is 0 Å². The smallest absolute Gasteiger partial charge is 0.235 e. The van der Waals surface area contributed by atoms with Gasteiger partial charge in [0.2, 0.25) is 5.91 Å². The Kier molecular flexibility index (Phi) is 7.82. The maximum atomic E-state index is 13.7. The monoisotopic (exact) mass is 460 g/mol. The number of carbonyl (C=O) groups excluding carboxylic acids is 1. The molecule has 0 fully saturated rings. The minimum atomic E-state index is -0.843. The molecule has 0 aliphatic rings. The van der Waals surface area contributed by atoms with Crippen LogP contribution in [-0.4, -0.2) is 33.5 Å². The number of benzene rings is 2. The quantitative estimate of drug-likeness (QED) is 0.351. The van der Waals surface area contributed by atoms with E-state index in [1.54, 1.807) is 42.0 Å². The minimum Gasteiger partial charge on any atom is -0.497 e. The van der Waals surface area contributed by atoms with Crippen molar-refractivity contribution in [2.24, 2.45) is 0 Å². The predicted molar refractivity (Wildman–Crippen MR) is 118 cm³/mol. The highest BCUT2D eigenvalue weighted by molar-refractivity contribution is 7.99. The molecule has 32 heavy (non-hydrogen) atoms. The zero-order chi connectivity index (χ0) is 23.1. The Balaban J connectivity index is 1.68. The summed E-state index contributed by atoms with van der Waals surface area (Å²) in [6.07, 6.45) is 1.23. The Morgan fingerprint density at radius 1 is 1.19 bits per heavy atom. The maximum absolute atomic E-state index is 13.7. The lowest BCUT2D eigenvalue weighted by Gasteiger charge is -2.16. The number of amides is 1. The Bertz CT molecular complexity index is 1070. The number of nitrogens with one attached hydrogen (secondary N) is 1. The molecule has 3 rings (SSSR count). The standard InChI is InChI=1S/C22H22F2N4O3S/c1-4-12-28-21(14(2)31-16-10-8-15(30-3)9-11-16)26-27-22(28)32-13-19(29)25-20-17(23)6-5-7-18(20)24/h4-11,14H,1,12-13H2,2-3H3,(H,25,29). The van der Waals surface area contributed by atoms with Gasteiger partial charge in [-0.15, -0.1) is 16.8 Å². The molecule has 1 amide bonds. The van der Waals surface area contributed by atoms with Crippen molar-refractivity contribution in [3.63, 3.8) is 0 Å². The molecule has 1 atom stereocenters. The number of hydrogen-bond acceptors (Lipinski definition) is 6. The van der Waals surface area contributed by atoms with E-state index in [-0.39, 0.29) is 5.75 Å². The largest absolute Gasteiger partial charge is 0.497 e. The topological polar surface area (TPSA) is 78.3 Å². The van der Waals surface area contributed by atoms with Crippen LogP contribution < -0.4 is 14.8 Å². The van der Waals surface area contributed by atoms with E-state index in [4.69, 9.17) is 9.47 Å². The molecule has 2 aromatic carbocycles. The lowest BCUT2D eigenvalue weighted by molar-refractivity contribution is -0.113. The molecule has 0 radical (unpaired) electrons. The van der Waals surface area contributed by atoms with E-state index in [2.05, 4.69) is 22.1 Å². The molecule has 168 valence electrons. The second kappa shape index (κ2) is 10.8. The number of nitrogens with zero attached hydrogens (tertiary/aromatic N) is 3. The third-order valence-corrected chi connectivity index (χ3v) is 5.32. The number of allylic oxidation sites excluding steroid dienone is 1. The van der Waals surface area contributed by atoms with Gasteiger partial charge in [0.15, 0.2) is 17.1 Å². The van der Waals surface area contributed by atoms with Crippen molar-refractivity contribution in [2.75, 3.05) is 18.2 Å². The normalized spacial score (nSPS) is 11.6. The fraction of sp³-hybridized carbons (Fsp3) is 0.227. The zero-order valence-electron chi connectivity index (χ0n) is 17.5. The molecule has 1 aromatic heterocycles. The van der Waals surface area contributed by atoms with Crippen LogP contribution in [0.1, 0.15) is 18.9 Å². The third-order valence-electron chi connectivity index (χ3n) is 4.35. The summed E-state index contributed by atoms with van der Waals surface area (Å²) in [5.74, 6) is -0.481. The molecule has 0 aliphatic heterocycles. The van der Waals surface area contributed by atoms with Crippen molar-refractivity contribution in [3.8, 4) is 11.5 Å². The van der Waals surface area contributed by atoms with Gasteiger partial charge in [0.05, 0.1) is 12.9 Å². The summed E-state index contributed by atoms with van der Waals surface area (Å²) in [5.41, 5.74) is -0.479. The minimum absolute atomic E-state index is 0.114. The van der Waals surface area contributed by atoms with Crippen LogP contribution in [0.5, 0.6) is 11.5 Å². The number of thioether (sulfide) groups is 1. The summed E-state index contributed by atoms with van der Waals surface area (Å²) in [6, 6.07) is 10.5. The van der Waals surface area contributed by atoms with Gasteiger partial charge < -0.3 is 14.8 Å². The summed E-state index contributed by atoms with van der Waals surface area (Å²) < 4.78 is 40.3. The first-order chi connectivity index (χ1) is 15.4. The highest BCUT2D eigenvalue weighted by Gasteiger charge is 2.20. The lowest BCUT2D eigenvalue weighted by Crippen LogP contribution is -2.17. The van der Waals surface area contributed by atoms with E-state index in [1.165, 1.54) is 6.07 Å². The van der Waals surface area contributed by atoms with Gasteiger partial charge in [-0.1, -0.05) is 23.9 Å². The average molecular weight is 461 g/mol. The number of anilines is 1. The van der Waals surface area contributed by atoms with Crippen LogP contribution in [0.3, 0.4) is 0 Å². The van der Waals surface area contributed by atoms with E-state index in [1.807, 2.05) is 6.92 Å². The summed E-state index contributed by atoms with van der Waals surface area (Å²) in [5, 5.41) is 11.0. The average Bonchev–Trinajstić information content (AvgIpc) is 3.18. The molecule has 3 aromatic rings. The van der Waals surface area contributed by atoms with Crippen LogP contribution in [0.2, 0.25) is 0 Å². The number of aromatic nitrogens is 3. The van der Waals surface area contributed by atoms with Gasteiger partial charge in [0.25, 0.3) is 0 Å². The number of rotatable bonds is 10. The Morgan fingerprint density at radius 3 is 2.47 bits per heavy atom. The highest BCUT2D eigenvalue weighted by Crippen LogP contribution is 2.26. The second-order valence-electron chi connectivity index (χ2n) is 6.61. The summed E-state index contributed by atoms with van der Waals surface area (Å²) in [6.45, 7) is 5.97.